The third-order valence-electron chi connectivity index (χ3n) is 2.75. The highest BCUT2D eigenvalue weighted by molar-refractivity contribution is 8.00. The Kier molecular flexibility index (Phi) is 4.45. The quantitative estimate of drug-likeness (QED) is 0.783. The number of carbonyl (C=O) groups is 1. The minimum absolute atomic E-state index is 0.0538. The molecule has 4 heteroatoms. The van der Waals surface area contributed by atoms with Crippen molar-refractivity contribution in [3.8, 4) is 0 Å². The van der Waals surface area contributed by atoms with Crippen LogP contribution >= 0.6 is 11.8 Å². The highest BCUT2D eigenvalue weighted by Gasteiger charge is 2.31. The van der Waals surface area contributed by atoms with Crippen molar-refractivity contribution in [1.82, 2.24) is 4.90 Å². The Morgan fingerprint density at radius 1 is 1.35 bits per heavy atom. The van der Waals surface area contributed by atoms with Crippen molar-refractivity contribution >= 4 is 17.7 Å². The Morgan fingerprint density at radius 2 is 2.06 bits per heavy atom. The number of aliphatic hydroxyl groups is 1. The maximum absolute atomic E-state index is 12.0. The lowest BCUT2D eigenvalue weighted by molar-refractivity contribution is -0.129. The van der Waals surface area contributed by atoms with E-state index in [-0.39, 0.29) is 12.5 Å². The maximum Gasteiger partial charge on any atom is 0.233 e. The fourth-order valence-electron chi connectivity index (χ4n) is 1.75. The SMILES string of the molecule is O=C(CSc1ccccc1)N(CCO)C1CC1. The predicted octanol–water partition coefficient (Wildman–Crippen LogP) is 1.76. The van der Waals surface area contributed by atoms with E-state index in [1.807, 2.05) is 35.2 Å². The van der Waals surface area contributed by atoms with Gasteiger partial charge in [-0.25, -0.2) is 0 Å². The van der Waals surface area contributed by atoms with Gasteiger partial charge < -0.3 is 10.0 Å². The second-order valence-electron chi connectivity index (χ2n) is 4.14. The number of carbonyl (C=O) groups excluding carboxylic acids is 1. The Morgan fingerprint density at radius 3 is 2.65 bits per heavy atom. The van der Waals surface area contributed by atoms with Crippen molar-refractivity contribution in [2.75, 3.05) is 18.9 Å². The molecule has 0 bridgehead atoms. The van der Waals surface area contributed by atoms with Crippen LogP contribution < -0.4 is 0 Å². The molecule has 0 radical (unpaired) electrons. The summed E-state index contributed by atoms with van der Waals surface area (Å²) in [7, 11) is 0. The fraction of sp³-hybridized carbons (Fsp3) is 0.462. The van der Waals surface area contributed by atoms with Gasteiger partial charge in [0.1, 0.15) is 0 Å². The van der Waals surface area contributed by atoms with Crippen molar-refractivity contribution in [3.05, 3.63) is 30.3 Å². The van der Waals surface area contributed by atoms with Crippen LogP contribution in [-0.4, -0.2) is 40.9 Å². The Labute approximate surface area is 106 Å². The first-order chi connectivity index (χ1) is 8.31. The van der Waals surface area contributed by atoms with E-state index < -0.39 is 0 Å². The molecule has 0 unspecified atom stereocenters. The molecule has 0 spiro atoms. The van der Waals surface area contributed by atoms with E-state index in [1.54, 1.807) is 11.8 Å². The van der Waals surface area contributed by atoms with Gasteiger partial charge in [-0.05, 0) is 25.0 Å². The summed E-state index contributed by atoms with van der Waals surface area (Å²) in [6, 6.07) is 10.3. The van der Waals surface area contributed by atoms with Gasteiger partial charge in [0.05, 0.1) is 12.4 Å². The summed E-state index contributed by atoms with van der Waals surface area (Å²) in [5.41, 5.74) is 0. The number of rotatable bonds is 6. The Bertz CT molecular complexity index is 365. The lowest BCUT2D eigenvalue weighted by atomic mass is 10.4. The van der Waals surface area contributed by atoms with Crippen molar-refractivity contribution in [2.24, 2.45) is 0 Å². The third-order valence-corrected chi connectivity index (χ3v) is 3.75. The Hall–Kier alpha value is -1.00. The Balaban J connectivity index is 1.83. The average molecular weight is 251 g/mol. The molecule has 0 aliphatic heterocycles. The average Bonchev–Trinajstić information content (AvgIpc) is 3.18. The molecule has 0 aromatic heterocycles. The first-order valence-corrected chi connectivity index (χ1v) is 6.88. The molecular weight excluding hydrogens is 234 g/mol. The molecule has 2 rings (SSSR count). The molecule has 1 aliphatic carbocycles. The summed E-state index contributed by atoms with van der Waals surface area (Å²) in [6.07, 6.45) is 2.17. The molecule has 0 heterocycles. The highest BCUT2D eigenvalue weighted by Crippen LogP contribution is 2.28. The second-order valence-corrected chi connectivity index (χ2v) is 5.19. The minimum Gasteiger partial charge on any atom is -0.395 e. The fourth-order valence-corrected chi connectivity index (χ4v) is 2.56. The van der Waals surface area contributed by atoms with Gasteiger partial charge in [0.2, 0.25) is 5.91 Å². The first kappa shape index (κ1) is 12.5. The molecule has 1 saturated carbocycles. The van der Waals surface area contributed by atoms with Gasteiger partial charge in [-0.2, -0.15) is 0 Å². The zero-order valence-corrected chi connectivity index (χ0v) is 10.5. The number of hydrogen-bond acceptors (Lipinski definition) is 3. The van der Waals surface area contributed by atoms with Crippen LogP contribution in [0, 0.1) is 0 Å². The summed E-state index contributed by atoms with van der Waals surface area (Å²) < 4.78 is 0. The lowest BCUT2D eigenvalue weighted by Gasteiger charge is -2.21. The van der Waals surface area contributed by atoms with Gasteiger partial charge in [-0.3, -0.25) is 4.79 Å². The van der Waals surface area contributed by atoms with Crippen LogP contribution in [0.2, 0.25) is 0 Å². The van der Waals surface area contributed by atoms with E-state index in [1.165, 1.54) is 0 Å². The summed E-state index contributed by atoms with van der Waals surface area (Å²) in [6.45, 7) is 0.525. The number of aliphatic hydroxyl groups excluding tert-OH is 1. The van der Waals surface area contributed by atoms with Gasteiger partial charge in [0, 0.05) is 17.5 Å². The number of amides is 1. The van der Waals surface area contributed by atoms with Gasteiger partial charge in [0.25, 0.3) is 0 Å². The molecule has 1 aromatic rings. The van der Waals surface area contributed by atoms with E-state index in [4.69, 9.17) is 5.11 Å². The molecule has 3 nitrogen and oxygen atoms in total. The number of nitrogens with zero attached hydrogens (tertiary/aromatic N) is 1. The normalized spacial score (nSPS) is 14.6. The summed E-state index contributed by atoms with van der Waals surface area (Å²) >= 11 is 1.56. The highest BCUT2D eigenvalue weighted by atomic mass is 32.2. The first-order valence-electron chi connectivity index (χ1n) is 5.89. The van der Waals surface area contributed by atoms with E-state index in [2.05, 4.69) is 0 Å². The van der Waals surface area contributed by atoms with Crippen molar-refractivity contribution < 1.29 is 9.90 Å². The van der Waals surface area contributed by atoms with Crippen LogP contribution in [0.25, 0.3) is 0 Å². The van der Waals surface area contributed by atoms with Crippen molar-refractivity contribution in [3.63, 3.8) is 0 Å². The third kappa shape index (κ3) is 3.75. The van der Waals surface area contributed by atoms with Crippen LogP contribution in [0.4, 0.5) is 0 Å². The molecule has 0 atom stereocenters. The van der Waals surface area contributed by atoms with Gasteiger partial charge in [-0.1, -0.05) is 18.2 Å². The van der Waals surface area contributed by atoms with Crippen LogP contribution in [0.15, 0.2) is 35.2 Å². The summed E-state index contributed by atoms with van der Waals surface area (Å²) in [5.74, 6) is 0.593. The standard InChI is InChI=1S/C13H17NO2S/c15-9-8-14(11-6-7-11)13(16)10-17-12-4-2-1-3-5-12/h1-5,11,15H,6-10H2. The van der Waals surface area contributed by atoms with Crippen molar-refractivity contribution in [2.45, 2.75) is 23.8 Å². The molecule has 1 fully saturated rings. The number of hydrogen-bond donors (Lipinski definition) is 1. The van der Waals surface area contributed by atoms with Crippen LogP contribution in [0.5, 0.6) is 0 Å². The van der Waals surface area contributed by atoms with Gasteiger partial charge in [-0.15, -0.1) is 11.8 Å². The van der Waals surface area contributed by atoms with E-state index in [9.17, 15) is 4.79 Å². The molecule has 92 valence electrons. The minimum atomic E-state index is 0.0538. The van der Waals surface area contributed by atoms with Crippen molar-refractivity contribution in [1.29, 1.82) is 0 Å². The number of thioether (sulfide) groups is 1. The van der Waals surface area contributed by atoms with Gasteiger partial charge in [0.15, 0.2) is 0 Å². The largest absolute Gasteiger partial charge is 0.395 e. The van der Waals surface area contributed by atoms with E-state index >= 15 is 0 Å². The zero-order valence-electron chi connectivity index (χ0n) is 9.71. The van der Waals surface area contributed by atoms with Gasteiger partial charge >= 0.3 is 0 Å². The number of benzene rings is 1. The van der Waals surface area contributed by atoms with E-state index in [0.717, 1.165) is 17.7 Å². The molecule has 1 amide bonds. The smallest absolute Gasteiger partial charge is 0.233 e. The summed E-state index contributed by atoms with van der Waals surface area (Å²) in [4.78, 5) is 14.9. The zero-order chi connectivity index (χ0) is 12.1. The van der Waals surface area contributed by atoms with Crippen LogP contribution in [0.1, 0.15) is 12.8 Å². The monoisotopic (exact) mass is 251 g/mol. The topological polar surface area (TPSA) is 40.5 Å². The predicted molar refractivity (Wildman–Crippen MR) is 69.0 cm³/mol. The van der Waals surface area contributed by atoms with E-state index in [0.29, 0.717) is 18.3 Å². The molecule has 1 N–H and O–H groups in total. The molecule has 0 saturated heterocycles. The summed E-state index contributed by atoms with van der Waals surface area (Å²) in [5, 5.41) is 8.95. The van der Waals surface area contributed by atoms with Crippen LogP contribution in [-0.2, 0) is 4.79 Å². The molecule has 17 heavy (non-hydrogen) atoms. The second kappa shape index (κ2) is 6.07. The molecular formula is C13H17NO2S. The van der Waals surface area contributed by atoms with Crippen LogP contribution in [0.3, 0.4) is 0 Å². The lowest BCUT2D eigenvalue weighted by Crippen LogP contribution is -2.36. The molecule has 1 aliphatic rings. The molecule has 1 aromatic carbocycles. The maximum atomic E-state index is 12.0.